The molecule has 3 unspecified atom stereocenters. The molecule has 1 aliphatic heterocycles. The van der Waals surface area contributed by atoms with Crippen LogP contribution in [0.5, 0.6) is 0 Å². The normalized spacial score (nSPS) is 28.1. The second kappa shape index (κ2) is 4.81. The number of hydrogen-bond donors (Lipinski definition) is 1. The minimum atomic E-state index is 0.374. The zero-order valence-corrected chi connectivity index (χ0v) is 9.40. The summed E-state index contributed by atoms with van der Waals surface area (Å²) >= 11 is 0. The summed E-state index contributed by atoms with van der Waals surface area (Å²) in [5.41, 5.74) is 1.24. The highest BCUT2D eigenvalue weighted by Gasteiger charge is 2.30. The van der Waals surface area contributed by atoms with E-state index in [0.717, 1.165) is 19.6 Å². The Labute approximate surface area is 90.8 Å². The van der Waals surface area contributed by atoms with Gasteiger partial charge < -0.3 is 14.5 Å². The van der Waals surface area contributed by atoms with Gasteiger partial charge >= 0.3 is 0 Å². The standard InChI is InChI=1S/C12H19NO2/c1-3-13-12(10-4-5-14-7-10)11-6-9(2)15-8-11/h4-5,7,9,11-13H,3,6,8H2,1-2H3. The molecule has 1 aromatic rings. The van der Waals surface area contributed by atoms with E-state index in [2.05, 4.69) is 19.2 Å². The van der Waals surface area contributed by atoms with Crippen molar-refractivity contribution in [3.8, 4) is 0 Å². The van der Waals surface area contributed by atoms with E-state index in [1.807, 2.05) is 12.3 Å². The predicted octanol–water partition coefficient (Wildman–Crippen LogP) is 2.36. The van der Waals surface area contributed by atoms with E-state index >= 15 is 0 Å². The summed E-state index contributed by atoms with van der Waals surface area (Å²) in [6, 6.07) is 2.41. The largest absolute Gasteiger partial charge is 0.472 e. The van der Waals surface area contributed by atoms with Crippen LogP contribution in [0.15, 0.2) is 23.0 Å². The fourth-order valence-corrected chi connectivity index (χ4v) is 2.31. The number of ether oxygens (including phenoxy) is 1. The molecule has 0 bridgehead atoms. The van der Waals surface area contributed by atoms with Crippen molar-refractivity contribution in [1.29, 1.82) is 0 Å². The van der Waals surface area contributed by atoms with Crippen molar-refractivity contribution < 1.29 is 9.15 Å². The van der Waals surface area contributed by atoms with Crippen LogP contribution in [0.25, 0.3) is 0 Å². The van der Waals surface area contributed by atoms with Crippen molar-refractivity contribution in [2.24, 2.45) is 5.92 Å². The molecular formula is C12H19NO2. The first-order chi connectivity index (χ1) is 7.31. The van der Waals surface area contributed by atoms with Crippen molar-refractivity contribution in [2.45, 2.75) is 32.4 Å². The van der Waals surface area contributed by atoms with Gasteiger partial charge in [-0.1, -0.05) is 6.92 Å². The Bertz CT molecular complexity index is 284. The average Bonchev–Trinajstić information content (AvgIpc) is 2.85. The lowest BCUT2D eigenvalue weighted by Crippen LogP contribution is -2.28. The molecule has 1 aromatic heterocycles. The first kappa shape index (κ1) is 10.7. The average molecular weight is 209 g/mol. The fraction of sp³-hybridized carbons (Fsp3) is 0.667. The molecule has 0 spiro atoms. The molecule has 0 aromatic carbocycles. The smallest absolute Gasteiger partial charge is 0.0950 e. The topological polar surface area (TPSA) is 34.4 Å². The lowest BCUT2D eigenvalue weighted by Gasteiger charge is -2.21. The highest BCUT2D eigenvalue weighted by molar-refractivity contribution is 5.13. The second-order valence-corrected chi connectivity index (χ2v) is 4.23. The van der Waals surface area contributed by atoms with Gasteiger partial charge in [0.25, 0.3) is 0 Å². The Kier molecular flexibility index (Phi) is 3.44. The van der Waals surface area contributed by atoms with Crippen LogP contribution >= 0.6 is 0 Å². The van der Waals surface area contributed by atoms with Gasteiger partial charge in [0.1, 0.15) is 0 Å². The van der Waals surface area contributed by atoms with E-state index in [-0.39, 0.29) is 0 Å². The lowest BCUT2D eigenvalue weighted by atomic mass is 9.92. The van der Waals surface area contributed by atoms with Gasteiger partial charge in [0.05, 0.1) is 25.2 Å². The van der Waals surface area contributed by atoms with E-state index in [0.29, 0.717) is 18.1 Å². The maximum Gasteiger partial charge on any atom is 0.0950 e. The van der Waals surface area contributed by atoms with Crippen molar-refractivity contribution in [3.05, 3.63) is 24.2 Å². The van der Waals surface area contributed by atoms with Crippen LogP contribution in [0.2, 0.25) is 0 Å². The minimum Gasteiger partial charge on any atom is -0.472 e. The molecule has 0 aliphatic carbocycles. The molecular weight excluding hydrogens is 190 g/mol. The van der Waals surface area contributed by atoms with Crippen LogP contribution in [-0.4, -0.2) is 19.3 Å². The second-order valence-electron chi connectivity index (χ2n) is 4.23. The van der Waals surface area contributed by atoms with Gasteiger partial charge in [-0.3, -0.25) is 0 Å². The predicted molar refractivity (Wildman–Crippen MR) is 58.6 cm³/mol. The molecule has 0 radical (unpaired) electrons. The van der Waals surface area contributed by atoms with Crippen molar-refractivity contribution >= 4 is 0 Å². The number of furan rings is 1. The SMILES string of the molecule is CCNC(c1ccoc1)C1COC(C)C1. The van der Waals surface area contributed by atoms with Crippen molar-refractivity contribution in [2.75, 3.05) is 13.2 Å². The fourth-order valence-electron chi connectivity index (χ4n) is 2.31. The Balaban J connectivity index is 2.06. The molecule has 3 atom stereocenters. The summed E-state index contributed by atoms with van der Waals surface area (Å²) in [7, 11) is 0. The lowest BCUT2D eigenvalue weighted by molar-refractivity contribution is 0.117. The molecule has 1 fully saturated rings. The molecule has 1 N–H and O–H groups in total. The third kappa shape index (κ3) is 2.41. The first-order valence-corrected chi connectivity index (χ1v) is 5.68. The number of hydrogen-bond acceptors (Lipinski definition) is 3. The Morgan fingerprint density at radius 2 is 2.47 bits per heavy atom. The third-order valence-electron chi connectivity index (χ3n) is 3.03. The van der Waals surface area contributed by atoms with E-state index in [4.69, 9.17) is 9.15 Å². The van der Waals surface area contributed by atoms with E-state index < -0.39 is 0 Å². The van der Waals surface area contributed by atoms with Crippen LogP contribution in [0, 0.1) is 5.92 Å². The highest BCUT2D eigenvalue weighted by Crippen LogP contribution is 2.31. The van der Waals surface area contributed by atoms with Crippen molar-refractivity contribution in [1.82, 2.24) is 5.32 Å². The Morgan fingerprint density at radius 1 is 1.60 bits per heavy atom. The van der Waals surface area contributed by atoms with Gasteiger partial charge in [-0.05, 0) is 26.0 Å². The molecule has 0 saturated carbocycles. The number of nitrogens with one attached hydrogen (secondary N) is 1. The van der Waals surface area contributed by atoms with Gasteiger partial charge in [-0.15, -0.1) is 0 Å². The molecule has 0 amide bonds. The van der Waals surface area contributed by atoms with Gasteiger partial charge in [0.15, 0.2) is 0 Å². The molecule has 15 heavy (non-hydrogen) atoms. The highest BCUT2D eigenvalue weighted by atomic mass is 16.5. The van der Waals surface area contributed by atoms with Crippen LogP contribution in [0.3, 0.4) is 0 Å². The molecule has 1 saturated heterocycles. The van der Waals surface area contributed by atoms with E-state index in [9.17, 15) is 0 Å². The van der Waals surface area contributed by atoms with E-state index in [1.165, 1.54) is 5.56 Å². The Hall–Kier alpha value is -0.800. The summed E-state index contributed by atoms with van der Waals surface area (Å²) in [4.78, 5) is 0. The summed E-state index contributed by atoms with van der Waals surface area (Å²) in [6.45, 7) is 6.09. The van der Waals surface area contributed by atoms with Gasteiger partial charge in [-0.2, -0.15) is 0 Å². The zero-order chi connectivity index (χ0) is 10.7. The minimum absolute atomic E-state index is 0.374. The molecule has 84 valence electrons. The summed E-state index contributed by atoms with van der Waals surface area (Å²) < 4.78 is 10.8. The zero-order valence-electron chi connectivity index (χ0n) is 9.40. The van der Waals surface area contributed by atoms with Gasteiger partial charge in [0, 0.05) is 17.5 Å². The maximum atomic E-state index is 5.62. The summed E-state index contributed by atoms with van der Waals surface area (Å²) in [5.74, 6) is 0.567. The van der Waals surface area contributed by atoms with Gasteiger partial charge in [0.2, 0.25) is 0 Å². The first-order valence-electron chi connectivity index (χ1n) is 5.68. The van der Waals surface area contributed by atoms with Crippen LogP contribution in [-0.2, 0) is 4.74 Å². The van der Waals surface area contributed by atoms with Gasteiger partial charge in [-0.25, -0.2) is 0 Å². The molecule has 3 heteroatoms. The molecule has 2 heterocycles. The monoisotopic (exact) mass is 209 g/mol. The van der Waals surface area contributed by atoms with E-state index in [1.54, 1.807) is 6.26 Å². The quantitative estimate of drug-likeness (QED) is 0.826. The summed E-state index contributed by atoms with van der Waals surface area (Å²) in [6.07, 6.45) is 5.08. The Morgan fingerprint density at radius 3 is 3.00 bits per heavy atom. The summed E-state index contributed by atoms with van der Waals surface area (Å²) in [5, 5.41) is 3.51. The molecule has 1 aliphatic rings. The number of rotatable bonds is 4. The third-order valence-corrected chi connectivity index (χ3v) is 3.03. The van der Waals surface area contributed by atoms with Crippen LogP contribution in [0.1, 0.15) is 31.9 Å². The molecule has 2 rings (SSSR count). The van der Waals surface area contributed by atoms with Crippen LogP contribution < -0.4 is 5.32 Å². The van der Waals surface area contributed by atoms with Crippen LogP contribution in [0.4, 0.5) is 0 Å². The molecule has 3 nitrogen and oxygen atoms in total. The maximum absolute atomic E-state index is 5.62. The van der Waals surface area contributed by atoms with Crippen molar-refractivity contribution in [3.63, 3.8) is 0 Å².